The number of amides is 1. The molecule has 0 unspecified atom stereocenters. The van der Waals surface area contributed by atoms with E-state index in [0.717, 1.165) is 43.2 Å². The van der Waals surface area contributed by atoms with Crippen LogP contribution in [0.4, 0.5) is 5.00 Å². The van der Waals surface area contributed by atoms with Gasteiger partial charge in [0, 0.05) is 17.0 Å². The van der Waals surface area contributed by atoms with Crippen LogP contribution in [0.5, 0.6) is 11.5 Å². The molecule has 3 aromatic rings. The highest BCUT2D eigenvalue weighted by molar-refractivity contribution is 7.99. The average Bonchev–Trinajstić information content (AvgIpc) is 3.39. The molecule has 198 valence electrons. The zero-order valence-electron chi connectivity index (χ0n) is 21.6. The van der Waals surface area contributed by atoms with E-state index in [4.69, 9.17) is 14.2 Å². The van der Waals surface area contributed by atoms with Crippen molar-refractivity contribution in [3.8, 4) is 22.9 Å². The number of rotatable bonds is 10. The maximum atomic E-state index is 13.0. The van der Waals surface area contributed by atoms with Crippen LogP contribution in [0.2, 0.25) is 0 Å². The summed E-state index contributed by atoms with van der Waals surface area (Å²) in [6.45, 7) is 4.72. The third-order valence-electron chi connectivity index (χ3n) is 6.16. The highest BCUT2D eigenvalue weighted by Crippen LogP contribution is 2.38. The van der Waals surface area contributed by atoms with Crippen LogP contribution >= 0.6 is 23.1 Å². The summed E-state index contributed by atoms with van der Waals surface area (Å²) in [6, 6.07) is 5.58. The second kappa shape index (κ2) is 12.5. The van der Waals surface area contributed by atoms with Crippen LogP contribution in [-0.4, -0.2) is 53.2 Å². The van der Waals surface area contributed by atoms with Gasteiger partial charge in [0.05, 0.1) is 32.1 Å². The van der Waals surface area contributed by atoms with Gasteiger partial charge in [0.15, 0.2) is 22.5 Å². The molecule has 0 saturated carbocycles. The van der Waals surface area contributed by atoms with Crippen LogP contribution in [0, 0.1) is 0 Å². The molecular weight excluding hydrogens is 512 g/mol. The molecule has 1 aliphatic carbocycles. The lowest BCUT2D eigenvalue weighted by Gasteiger charge is -2.11. The Hall–Kier alpha value is -3.05. The van der Waals surface area contributed by atoms with Crippen LogP contribution in [0.1, 0.15) is 53.9 Å². The second-order valence-corrected chi connectivity index (χ2v) is 10.5. The molecule has 1 aliphatic rings. The Bertz CT molecular complexity index is 1270. The number of fused-ring (bicyclic) bond motifs is 1. The molecule has 37 heavy (non-hydrogen) atoms. The highest BCUT2D eigenvalue weighted by atomic mass is 32.2. The fraction of sp³-hybridized carbons (Fsp3) is 0.462. The van der Waals surface area contributed by atoms with Gasteiger partial charge in [-0.25, -0.2) is 4.79 Å². The van der Waals surface area contributed by atoms with E-state index in [1.54, 1.807) is 21.1 Å². The summed E-state index contributed by atoms with van der Waals surface area (Å²) in [7, 11) is 3.18. The number of ether oxygens (including phenoxy) is 3. The molecule has 2 heterocycles. The number of thiophene rings is 1. The zero-order valence-corrected chi connectivity index (χ0v) is 23.2. The SMILES string of the molecule is CCOC(=O)c1c(NC(=O)CSc2nnc(-c3ccc(OC)c(OC)c3)n2CC)sc2c1CCCCC2. The maximum Gasteiger partial charge on any atom is 0.341 e. The topological polar surface area (TPSA) is 105 Å². The van der Waals surface area contributed by atoms with Crippen molar-refractivity contribution in [2.75, 3.05) is 31.9 Å². The highest BCUT2D eigenvalue weighted by Gasteiger charge is 2.27. The van der Waals surface area contributed by atoms with Gasteiger partial charge in [0.2, 0.25) is 5.91 Å². The molecule has 0 spiro atoms. The molecule has 1 amide bonds. The van der Waals surface area contributed by atoms with Crippen LogP contribution in [-0.2, 0) is 28.9 Å². The van der Waals surface area contributed by atoms with Crippen LogP contribution in [0.15, 0.2) is 23.4 Å². The molecule has 11 heteroatoms. The van der Waals surface area contributed by atoms with Gasteiger partial charge in [-0.3, -0.25) is 4.79 Å². The Morgan fingerprint density at radius 2 is 1.86 bits per heavy atom. The molecule has 0 fully saturated rings. The van der Waals surface area contributed by atoms with E-state index in [9.17, 15) is 9.59 Å². The Kier molecular flexibility index (Phi) is 9.09. The monoisotopic (exact) mass is 544 g/mol. The van der Waals surface area contributed by atoms with Gasteiger partial charge in [-0.1, -0.05) is 18.2 Å². The number of hydrogen-bond donors (Lipinski definition) is 1. The number of hydrogen-bond acceptors (Lipinski definition) is 9. The number of esters is 1. The minimum Gasteiger partial charge on any atom is -0.493 e. The summed E-state index contributed by atoms with van der Waals surface area (Å²) >= 11 is 2.80. The van der Waals surface area contributed by atoms with Crippen molar-refractivity contribution in [1.29, 1.82) is 0 Å². The van der Waals surface area contributed by atoms with Crippen molar-refractivity contribution in [2.24, 2.45) is 0 Å². The molecule has 2 aromatic heterocycles. The van der Waals surface area contributed by atoms with E-state index in [2.05, 4.69) is 15.5 Å². The van der Waals surface area contributed by atoms with Gasteiger partial charge in [-0.05, 0) is 63.3 Å². The average molecular weight is 545 g/mol. The van der Waals surface area contributed by atoms with E-state index in [1.807, 2.05) is 29.7 Å². The van der Waals surface area contributed by atoms with Crippen molar-refractivity contribution < 1.29 is 23.8 Å². The number of anilines is 1. The fourth-order valence-corrected chi connectivity index (χ4v) is 6.51. The van der Waals surface area contributed by atoms with Gasteiger partial charge in [-0.15, -0.1) is 21.5 Å². The molecule has 0 radical (unpaired) electrons. The summed E-state index contributed by atoms with van der Waals surface area (Å²) in [4.78, 5) is 26.9. The number of thioether (sulfide) groups is 1. The lowest BCUT2D eigenvalue weighted by molar-refractivity contribution is -0.113. The van der Waals surface area contributed by atoms with Gasteiger partial charge in [0.1, 0.15) is 5.00 Å². The van der Waals surface area contributed by atoms with Gasteiger partial charge in [0.25, 0.3) is 0 Å². The fourth-order valence-electron chi connectivity index (χ4n) is 4.41. The molecule has 0 aliphatic heterocycles. The summed E-state index contributed by atoms with van der Waals surface area (Å²) in [6.07, 6.45) is 5.03. The number of aromatic nitrogens is 3. The lowest BCUT2D eigenvalue weighted by atomic mass is 10.1. The summed E-state index contributed by atoms with van der Waals surface area (Å²) in [5.74, 6) is 1.48. The first kappa shape index (κ1) is 27.0. The minimum absolute atomic E-state index is 0.134. The smallest absolute Gasteiger partial charge is 0.341 e. The Labute approximate surface area is 224 Å². The minimum atomic E-state index is -0.366. The van der Waals surface area contributed by atoms with Crippen molar-refractivity contribution in [1.82, 2.24) is 14.8 Å². The normalized spacial score (nSPS) is 13.0. The first-order valence-corrected chi connectivity index (χ1v) is 14.2. The predicted molar refractivity (Wildman–Crippen MR) is 145 cm³/mol. The van der Waals surface area contributed by atoms with E-state index < -0.39 is 0 Å². The largest absolute Gasteiger partial charge is 0.493 e. The van der Waals surface area contributed by atoms with Crippen molar-refractivity contribution >= 4 is 40.0 Å². The summed E-state index contributed by atoms with van der Waals surface area (Å²) in [5, 5.41) is 12.9. The molecule has 1 N–H and O–H groups in total. The predicted octanol–water partition coefficient (Wildman–Crippen LogP) is 5.22. The first-order valence-electron chi connectivity index (χ1n) is 12.4. The maximum absolute atomic E-state index is 13.0. The Balaban J connectivity index is 1.50. The molecule has 0 saturated heterocycles. The molecular formula is C26H32N4O5S2. The number of methoxy groups -OCH3 is 2. The second-order valence-electron chi connectivity index (χ2n) is 8.45. The summed E-state index contributed by atoms with van der Waals surface area (Å²) in [5.41, 5.74) is 2.39. The van der Waals surface area contributed by atoms with Gasteiger partial charge in [-0.2, -0.15) is 0 Å². The van der Waals surface area contributed by atoms with E-state index in [0.29, 0.717) is 46.2 Å². The van der Waals surface area contributed by atoms with Crippen LogP contribution in [0.25, 0.3) is 11.4 Å². The van der Waals surface area contributed by atoms with Gasteiger partial charge >= 0.3 is 5.97 Å². The number of carbonyl (C=O) groups excluding carboxylic acids is 2. The van der Waals surface area contributed by atoms with Gasteiger partial charge < -0.3 is 24.1 Å². The third kappa shape index (κ3) is 5.93. The van der Waals surface area contributed by atoms with Crippen LogP contribution < -0.4 is 14.8 Å². The molecule has 4 rings (SSSR count). The third-order valence-corrected chi connectivity index (χ3v) is 8.33. The number of aryl methyl sites for hydroxylation is 1. The van der Waals surface area contributed by atoms with E-state index in [-0.39, 0.29) is 17.6 Å². The summed E-state index contributed by atoms with van der Waals surface area (Å²) < 4.78 is 18.0. The quantitative estimate of drug-likeness (QED) is 0.210. The molecule has 0 atom stereocenters. The number of nitrogens with one attached hydrogen (secondary N) is 1. The van der Waals surface area contributed by atoms with E-state index in [1.165, 1.54) is 28.0 Å². The molecule has 9 nitrogen and oxygen atoms in total. The standard InChI is InChI=1S/C26H32N4O5S2/c1-5-30-23(16-12-13-18(33-3)19(14-16)34-4)28-29-26(30)36-15-21(31)27-24-22(25(32)35-6-2)17-10-8-7-9-11-20(17)37-24/h12-14H,5-11,15H2,1-4H3,(H,27,31). The number of benzene rings is 1. The molecule has 0 bridgehead atoms. The Morgan fingerprint density at radius 3 is 2.59 bits per heavy atom. The van der Waals surface area contributed by atoms with Crippen molar-refractivity contribution in [3.63, 3.8) is 0 Å². The van der Waals surface area contributed by atoms with E-state index >= 15 is 0 Å². The van der Waals surface area contributed by atoms with Crippen molar-refractivity contribution in [2.45, 2.75) is 57.7 Å². The molecule has 1 aromatic carbocycles. The lowest BCUT2D eigenvalue weighted by Crippen LogP contribution is -2.17. The first-order chi connectivity index (χ1) is 18.0. The number of carbonyl (C=O) groups is 2. The Morgan fingerprint density at radius 1 is 1.08 bits per heavy atom. The number of nitrogens with zero attached hydrogens (tertiary/aromatic N) is 3. The van der Waals surface area contributed by atoms with Crippen molar-refractivity contribution in [3.05, 3.63) is 34.2 Å². The van der Waals surface area contributed by atoms with Crippen LogP contribution in [0.3, 0.4) is 0 Å². The zero-order chi connectivity index (χ0) is 26.4.